The molecule has 0 saturated heterocycles. The van der Waals surface area contributed by atoms with Crippen molar-refractivity contribution in [3.63, 3.8) is 0 Å². The third kappa shape index (κ3) is 8.48. The molecule has 2 aromatic carbocycles. The van der Waals surface area contributed by atoms with Crippen molar-refractivity contribution in [3.05, 3.63) is 59.7 Å². The predicted octanol–water partition coefficient (Wildman–Crippen LogP) is 2.32. The van der Waals surface area contributed by atoms with Gasteiger partial charge in [0.15, 0.2) is 6.61 Å². The quantitative estimate of drug-likeness (QED) is 0.241. The fourth-order valence-corrected chi connectivity index (χ4v) is 5.15. The van der Waals surface area contributed by atoms with Crippen molar-refractivity contribution in [2.45, 2.75) is 51.2 Å². The molecule has 2 aromatic rings. The summed E-state index contributed by atoms with van der Waals surface area (Å²) >= 11 is 1.49. The van der Waals surface area contributed by atoms with Crippen LogP contribution in [-0.4, -0.2) is 73.1 Å². The van der Waals surface area contributed by atoms with Crippen molar-refractivity contribution < 1.29 is 33.4 Å². The molecule has 12 heteroatoms. The fraction of sp³-hybridized carbons (Fsp3) is 0.433. The molecule has 0 aromatic heterocycles. The van der Waals surface area contributed by atoms with Crippen molar-refractivity contribution in [1.82, 2.24) is 16.0 Å². The van der Waals surface area contributed by atoms with Gasteiger partial charge in [0.1, 0.15) is 24.7 Å². The molecule has 4 amide bonds. The smallest absolute Gasteiger partial charge is 0.407 e. The topological polar surface area (TPSA) is 166 Å². The van der Waals surface area contributed by atoms with Crippen LogP contribution in [-0.2, 0) is 28.7 Å². The van der Waals surface area contributed by atoms with E-state index in [2.05, 4.69) is 16.0 Å². The number of nitrogens with two attached hydrogens (primary N) is 1. The van der Waals surface area contributed by atoms with Gasteiger partial charge in [0.05, 0.1) is 0 Å². The highest BCUT2D eigenvalue weighted by Crippen LogP contribution is 2.44. The number of thioether (sulfide) groups is 1. The second-order valence-electron chi connectivity index (χ2n) is 10.3. The number of ether oxygens (including phenoxy) is 2. The van der Waals surface area contributed by atoms with Crippen LogP contribution in [0.2, 0.25) is 0 Å². The number of nitrogens with one attached hydrogen (secondary N) is 3. The molecular formula is C30H38N4O7S. The molecule has 226 valence electrons. The molecule has 0 heterocycles. The molecule has 0 fully saturated rings. The Bertz CT molecular complexity index is 1260. The lowest BCUT2D eigenvalue weighted by atomic mass is 9.98. The van der Waals surface area contributed by atoms with Gasteiger partial charge in [-0.1, -0.05) is 62.4 Å². The number of fused-ring (bicyclic) bond motifs is 3. The molecule has 3 rings (SSSR count). The average Bonchev–Trinajstić information content (AvgIpc) is 3.28. The number of carbonyl (C=O) groups is 5. The van der Waals surface area contributed by atoms with Crippen LogP contribution in [0.25, 0.3) is 11.1 Å². The number of benzene rings is 2. The summed E-state index contributed by atoms with van der Waals surface area (Å²) in [7, 11) is 0. The van der Waals surface area contributed by atoms with Crippen LogP contribution in [0.4, 0.5) is 4.79 Å². The second kappa shape index (κ2) is 15.2. The highest BCUT2D eigenvalue weighted by Gasteiger charge is 2.31. The van der Waals surface area contributed by atoms with E-state index in [0.29, 0.717) is 12.2 Å². The number of alkyl carbamates (subject to hydrolysis) is 1. The molecule has 3 atom stereocenters. The molecule has 0 aliphatic heterocycles. The van der Waals surface area contributed by atoms with E-state index in [1.807, 2.05) is 54.8 Å². The largest absolute Gasteiger partial charge is 0.454 e. The van der Waals surface area contributed by atoms with Gasteiger partial charge in [0.25, 0.3) is 5.91 Å². The maximum Gasteiger partial charge on any atom is 0.407 e. The number of carbonyl (C=O) groups excluding carboxylic acids is 5. The SMILES string of the molecule is CSCC[C@H](NC(=O)COC(=O)[C@H](C)NC(=O)[C@@H](NC(=O)OCC1c2ccccc2-c2ccccc21)C(C)C)C(N)=O. The summed E-state index contributed by atoms with van der Waals surface area (Å²) in [5, 5.41) is 7.54. The highest BCUT2D eigenvalue weighted by atomic mass is 32.2. The lowest BCUT2D eigenvalue weighted by Crippen LogP contribution is -2.53. The molecule has 42 heavy (non-hydrogen) atoms. The third-order valence-electron chi connectivity index (χ3n) is 6.91. The molecule has 0 spiro atoms. The van der Waals surface area contributed by atoms with Gasteiger partial charge in [0, 0.05) is 5.92 Å². The number of primary amides is 1. The van der Waals surface area contributed by atoms with Crippen LogP contribution in [0, 0.1) is 5.92 Å². The molecule has 11 nitrogen and oxygen atoms in total. The first-order valence-electron chi connectivity index (χ1n) is 13.7. The van der Waals surface area contributed by atoms with Crippen molar-refractivity contribution in [2.75, 3.05) is 25.2 Å². The van der Waals surface area contributed by atoms with Crippen molar-refractivity contribution >= 4 is 41.5 Å². The van der Waals surface area contributed by atoms with Gasteiger partial charge >= 0.3 is 12.1 Å². The fourth-order valence-electron chi connectivity index (χ4n) is 4.68. The Morgan fingerprint density at radius 1 is 0.881 bits per heavy atom. The molecule has 0 radical (unpaired) electrons. The normalized spacial score (nSPS) is 14.1. The van der Waals surface area contributed by atoms with Gasteiger partial charge in [-0.25, -0.2) is 9.59 Å². The first-order chi connectivity index (χ1) is 20.0. The van der Waals surface area contributed by atoms with Gasteiger partial charge in [-0.15, -0.1) is 0 Å². The molecular weight excluding hydrogens is 560 g/mol. The van der Waals surface area contributed by atoms with E-state index in [-0.39, 0.29) is 18.4 Å². The zero-order valence-electron chi connectivity index (χ0n) is 24.2. The van der Waals surface area contributed by atoms with Crippen molar-refractivity contribution in [3.8, 4) is 11.1 Å². The maximum absolute atomic E-state index is 13.0. The van der Waals surface area contributed by atoms with Crippen LogP contribution in [0.5, 0.6) is 0 Å². The Morgan fingerprint density at radius 2 is 1.48 bits per heavy atom. The van der Waals surface area contributed by atoms with E-state index >= 15 is 0 Å². The Balaban J connectivity index is 1.50. The Morgan fingerprint density at radius 3 is 2.02 bits per heavy atom. The Hall–Kier alpha value is -4.06. The van der Waals surface area contributed by atoms with E-state index in [0.717, 1.165) is 22.3 Å². The zero-order chi connectivity index (χ0) is 30.8. The molecule has 1 aliphatic rings. The number of esters is 1. The minimum atomic E-state index is -1.11. The van der Waals surface area contributed by atoms with Crippen LogP contribution < -0.4 is 21.7 Å². The lowest BCUT2D eigenvalue weighted by molar-refractivity contribution is -0.151. The summed E-state index contributed by atoms with van der Waals surface area (Å²) in [5.41, 5.74) is 9.63. The van der Waals surface area contributed by atoms with Gasteiger partial charge < -0.3 is 31.2 Å². The van der Waals surface area contributed by atoms with Gasteiger partial charge in [-0.3, -0.25) is 14.4 Å². The first-order valence-corrected chi connectivity index (χ1v) is 15.1. The zero-order valence-corrected chi connectivity index (χ0v) is 25.0. The second-order valence-corrected chi connectivity index (χ2v) is 11.3. The van der Waals surface area contributed by atoms with Gasteiger partial charge in [-0.05, 0) is 53.5 Å². The molecule has 0 saturated carbocycles. The molecule has 1 aliphatic carbocycles. The van der Waals surface area contributed by atoms with Crippen molar-refractivity contribution in [2.24, 2.45) is 11.7 Å². The number of rotatable bonds is 14. The molecule has 0 bridgehead atoms. The van der Waals surface area contributed by atoms with Crippen molar-refractivity contribution in [1.29, 1.82) is 0 Å². The summed E-state index contributed by atoms with van der Waals surface area (Å²) in [6.45, 7) is 4.33. The Kier molecular flexibility index (Phi) is 11.8. The number of amides is 4. The van der Waals surface area contributed by atoms with E-state index in [9.17, 15) is 24.0 Å². The van der Waals surface area contributed by atoms with Gasteiger partial charge in [0.2, 0.25) is 11.8 Å². The third-order valence-corrected chi connectivity index (χ3v) is 7.56. The van der Waals surface area contributed by atoms with E-state index < -0.39 is 54.5 Å². The predicted molar refractivity (Wildman–Crippen MR) is 160 cm³/mol. The van der Waals surface area contributed by atoms with Crippen LogP contribution in [0.1, 0.15) is 44.2 Å². The average molecular weight is 599 g/mol. The van der Waals surface area contributed by atoms with Crippen LogP contribution in [0.15, 0.2) is 48.5 Å². The summed E-state index contributed by atoms with van der Waals surface area (Å²) in [4.78, 5) is 61.8. The maximum atomic E-state index is 13.0. The highest BCUT2D eigenvalue weighted by molar-refractivity contribution is 7.98. The minimum Gasteiger partial charge on any atom is -0.454 e. The van der Waals surface area contributed by atoms with E-state index in [1.165, 1.54) is 18.7 Å². The Labute approximate surface area is 249 Å². The van der Waals surface area contributed by atoms with Gasteiger partial charge in [-0.2, -0.15) is 11.8 Å². The summed E-state index contributed by atoms with van der Waals surface area (Å²) in [6.07, 6.45) is 1.44. The summed E-state index contributed by atoms with van der Waals surface area (Å²) in [6, 6.07) is 12.9. The summed E-state index contributed by atoms with van der Waals surface area (Å²) < 4.78 is 10.6. The standard InChI is InChI=1S/C30H38N4O7S/c1-17(2)26(28(37)32-18(3)29(38)40-16-25(35)33-24(27(31)36)13-14-42-4)34-30(39)41-15-23-21-11-7-5-9-19(21)20-10-6-8-12-22(20)23/h5-12,17-18,23-24,26H,13-16H2,1-4H3,(H2,31,36)(H,32,37)(H,33,35)(H,34,39)/t18-,24-,26-/m0/s1. The minimum absolute atomic E-state index is 0.0883. The van der Waals surface area contributed by atoms with E-state index in [1.54, 1.807) is 13.8 Å². The number of hydrogen-bond donors (Lipinski definition) is 4. The number of hydrogen-bond acceptors (Lipinski definition) is 8. The molecule has 5 N–H and O–H groups in total. The lowest BCUT2D eigenvalue weighted by Gasteiger charge is -2.24. The van der Waals surface area contributed by atoms with Crippen LogP contribution in [0.3, 0.4) is 0 Å². The van der Waals surface area contributed by atoms with Crippen LogP contribution >= 0.6 is 11.8 Å². The monoisotopic (exact) mass is 598 g/mol. The molecule has 0 unspecified atom stereocenters. The first kappa shape index (κ1) is 32.5. The summed E-state index contributed by atoms with van der Waals surface area (Å²) in [5.74, 6) is -2.70. The van der Waals surface area contributed by atoms with E-state index in [4.69, 9.17) is 15.2 Å².